The third kappa shape index (κ3) is 2.81. The molecule has 2 rings (SSSR count). The summed E-state index contributed by atoms with van der Waals surface area (Å²) < 4.78 is 19.3. The lowest BCUT2D eigenvalue weighted by molar-refractivity contribution is 0.473. The van der Waals surface area contributed by atoms with E-state index in [1.165, 1.54) is 12.1 Å². The van der Waals surface area contributed by atoms with Crippen molar-refractivity contribution in [2.75, 3.05) is 0 Å². The van der Waals surface area contributed by atoms with Crippen molar-refractivity contribution >= 4 is 27.5 Å². The molecule has 0 unspecified atom stereocenters. The number of halogens is 3. The third-order valence-electron chi connectivity index (χ3n) is 2.19. The largest absolute Gasteiger partial charge is 0.456 e. The van der Waals surface area contributed by atoms with Gasteiger partial charge in [-0.15, -0.1) is 0 Å². The Hall–Kier alpha value is -1.57. The third-order valence-corrected chi connectivity index (χ3v) is 3.10. The van der Waals surface area contributed by atoms with Crippen LogP contribution in [0.2, 0.25) is 5.02 Å². The van der Waals surface area contributed by atoms with E-state index in [-0.39, 0.29) is 5.02 Å². The number of hydrogen-bond donors (Lipinski definition) is 0. The van der Waals surface area contributed by atoms with E-state index in [0.717, 1.165) is 0 Å². The van der Waals surface area contributed by atoms with Gasteiger partial charge in [0.1, 0.15) is 17.3 Å². The normalized spacial score (nSPS) is 9.89. The van der Waals surface area contributed by atoms with Crippen molar-refractivity contribution in [1.82, 2.24) is 0 Å². The quantitative estimate of drug-likeness (QED) is 0.735. The fourth-order valence-electron chi connectivity index (χ4n) is 1.31. The summed E-state index contributed by atoms with van der Waals surface area (Å²) in [4.78, 5) is 0. The number of nitriles is 1. The highest BCUT2D eigenvalue weighted by molar-refractivity contribution is 9.10. The first kappa shape index (κ1) is 12.9. The van der Waals surface area contributed by atoms with Gasteiger partial charge in [-0.2, -0.15) is 5.26 Å². The van der Waals surface area contributed by atoms with Gasteiger partial charge in [-0.05, 0) is 46.3 Å². The first-order chi connectivity index (χ1) is 8.60. The summed E-state index contributed by atoms with van der Waals surface area (Å²) in [6.07, 6.45) is 0. The van der Waals surface area contributed by atoms with E-state index in [9.17, 15) is 4.39 Å². The zero-order valence-electron chi connectivity index (χ0n) is 8.95. The van der Waals surface area contributed by atoms with Gasteiger partial charge in [-0.1, -0.05) is 11.6 Å². The van der Waals surface area contributed by atoms with Crippen LogP contribution in [0, 0.1) is 17.1 Å². The maximum absolute atomic E-state index is 13.3. The molecule has 0 saturated heterocycles. The molecular weight excluding hydrogens is 321 g/mol. The van der Waals surface area contributed by atoms with Crippen molar-refractivity contribution in [2.24, 2.45) is 0 Å². The smallest absolute Gasteiger partial charge is 0.145 e. The van der Waals surface area contributed by atoms with Gasteiger partial charge < -0.3 is 4.74 Å². The van der Waals surface area contributed by atoms with E-state index in [4.69, 9.17) is 21.6 Å². The molecule has 0 aromatic heterocycles. The second-order valence-electron chi connectivity index (χ2n) is 3.43. The predicted octanol–water partition coefficient (Wildman–Crippen LogP) is 4.91. The lowest BCUT2D eigenvalue weighted by Crippen LogP contribution is -1.88. The van der Waals surface area contributed by atoms with Crippen LogP contribution in [0.5, 0.6) is 11.5 Å². The molecule has 0 aliphatic rings. The molecule has 0 bridgehead atoms. The van der Waals surface area contributed by atoms with E-state index in [1.807, 2.05) is 6.07 Å². The van der Waals surface area contributed by atoms with Gasteiger partial charge in [0.25, 0.3) is 0 Å². The molecule has 0 aliphatic carbocycles. The molecule has 0 heterocycles. The molecular formula is C13H6BrClFNO. The molecule has 2 aromatic rings. The highest BCUT2D eigenvalue weighted by Crippen LogP contribution is 2.33. The van der Waals surface area contributed by atoms with Crippen LogP contribution < -0.4 is 4.74 Å². The van der Waals surface area contributed by atoms with E-state index in [1.54, 1.807) is 24.3 Å². The van der Waals surface area contributed by atoms with E-state index < -0.39 is 5.82 Å². The monoisotopic (exact) mass is 325 g/mol. The second-order valence-corrected chi connectivity index (χ2v) is 4.70. The molecule has 5 heteroatoms. The zero-order valence-corrected chi connectivity index (χ0v) is 11.3. The summed E-state index contributed by atoms with van der Waals surface area (Å²) in [5.41, 5.74) is 0.531. The summed E-state index contributed by atoms with van der Waals surface area (Å²) in [5, 5.41) is 8.69. The van der Waals surface area contributed by atoms with Crippen LogP contribution in [0.4, 0.5) is 4.39 Å². The minimum absolute atomic E-state index is 0.0223. The standard InChI is InChI=1S/C13H6BrClFNO/c14-10-5-11(15)12(16)6-13(10)18-9-3-1-8(7-17)2-4-9/h1-6H. The number of nitrogens with zero attached hydrogens (tertiary/aromatic N) is 1. The van der Waals surface area contributed by atoms with E-state index in [2.05, 4.69) is 15.9 Å². The van der Waals surface area contributed by atoms with Gasteiger partial charge in [-0.3, -0.25) is 0 Å². The fourth-order valence-corrected chi connectivity index (χ4v) is 2.03. The van der Waals surface area contributed by atoms with Crippen LogP contribution in [0.25, 0.3) is 0 Å². The van der Waals surface area contributed by atoms with Crippen molar-refractivity contribution in [1.29, 1.82) is 5.26 Å². The second kappa shape index (κ2) is 5.38. The summed E-state index contributed by atoms with van der Waals surface area (Å²) in [5.74, 6) is 0.279. The van der Waals surface area contributed by atoms with Crippen molar-refractivity contribution in [3.8, 4) is 17.6 Å². The lowest BCUT2D eigenvalue weighted by atomic mass is 10.2. The van der Waals surface area contributed by atoms with Crippen molar-refractivity contribution in [3.63, 3.8) is 0 Å². The summed E-state index contributed by atoms with van der Waals surface area (Å²) >= 11 is 8.87. The molecule has 18 heavy (non-hydrogen) atoms. The van der Waals surface area contributed by atoms with Crippen molar-refractivity contribution < 1.29 is 9.13 Å². The maximum atomic E-state index is 13.3. The van der Waals surface area contributed by atoms with Gasteiger partial charge in [0.05, 0.1) is 21.1 Å². The van der Waals surface area contributed by atoms with Crippen LogP contribution in [0.15, 0.2) is 40.9 Å². The van der Waals surface area contributed by atoms with Crippen LogP contribution in [-0.4, -0.2) is 0 Å². The molecule has 0 radical (unpaired) electrons. The van der Waals surface area contributed by atoms with Crippen LogP contribution in [0.3, 0.4) is 0 Å². The molecule has 0 spiro atoms. The minimum atomic E-state index is -0.552. The van der Waals surface area contributed by atoms with Crippen molar-refractivity contribution in [2.45, 2.75) is 0 Å². The Morgan fingerprint density at radius 1 is 1.22 bits per heavy atom. The van der Waals surface area contributed by atoms with Gasteiger partial charge in [0.2, 0.25) is 0 Å². The molecule has 0 atom stereocenters. The van der Waals surface area contributed by atoms with Gasteiger partial charge in [0, 0.05) is 6.07 Å². The van der Waals surface area contributed by atoms with Gasteiger partial charge in [-0.25, -0.2) is 4.39 Å². The maximum Gasteiger partial charge on any atom is 0.145 e. The topological polar surface area (TPSA) is 33.0 Å². The SMILES string of the molecule is N#Cc1ccc(Oc2cc(F)c(Cl)cc2Br)cc1. The Bertz CT molecular complexity index is 622. The molecule has 0 fully saturated rings. The average molecular weight is 327 g/mol. The molecule has 0 aliphatic heterocycles. The Morgan fingerprint density at radius 3 is 2.50 bits per heavy atom. The average Bonchev–Trinajstić information content (AvgIpc) is 2.37. The Labute approximate surface area is 117 Å². The first-order valence-electron chi connectivity index (χ1n) is 4.92. The minimum Gasteiger partial charge on any atom is -0.456 e. The van der Waals surface area contributed by atoms with Gasteiger partial charge >= 0.3 is 0 Å². The van der Waals surface area contributed by atoms with E-state index >= 15 is 0 Å². The highest BCUT2D eigenvalue weighted by atomic mass is 79.9. The van der Waals surface area contributed by atoms with Gasteiger partial charge in [0.15, 0.2) is 0 Å². The van der Waals surface area contributed by atoms with Crippen LogP contribution in [0.1, 0.15) is 5.56 Å². The number of hydrogen-bond acceptors (Lipinski definition) is 2. The fraction of sp³-hybridized carbons (Fsp3) is 0. The molecule has 0 N–H and O–H groups in total. The Balaban J connectivity index is 2.28. The number of rotatable bonds is 2. The van der Waals surface area contributed by atoms with Crippen LogP contribution in [-0.2, 0) is 0 Å². The number of benzene rings is 2. The Kier molecular flexibility index (Phi) is 3.85. The summed E-state index contributed by atoms with van der Waals surface area (Å²) in [7, 11) is 0. The Morgan fingerprint density at radius 2 is 1.89 bits per heavy atom. The molecule has 90 valence electrons. The molecule has 2 nitrogen and oxygen atoms in total. The van der Waals surface area contributed by atoms with E-state index in [0.29, 0.717) is 21.5 Å². The summed E-state index contributed by atoms with van der Waals surface area (Å²) in [6.45, 7) is 0. The van der Waals surface area contributed by atoms with Crippen molar-refractivity contribution in [3.05, 3.63) is 57.3 Å². The highest BCUT2D eigenvalue weighted by Gasteiger charge is 2.08. The summed E-state index contributed by atoms with van der Waals surface area (Å²) in [6, 6.07) is 11.1. The van der Waals surface area contributed by atoms with Crippen LogP contribution >= 0.6 is 27.5 Å². The molecule has 2 aromatic carbocycles. The zero-order chi connectivity index (χ0) is 13.1. The predicted molar refractivity (Wildman–Crippen MR) is 70.3 cm³/mol. The molecule has 0 saturated carbocycles. The number of ether oxygens (including phenoxy) is 1. The lowest BCUT2D eigenvalue weighted by Gasteiger charge is -2.08. The molecule has 0 amide bonds. The first-order valence-corrected chi connectivity index (χ1v) is 6.10.